The van der Waals surface area contributed by atoms with Crippen LogP contribution < -0.4 is 0 Å². The second-order valence-electron chi connectivity index (χ2n) is 0. The van der Waals surface area contributed by atoms with Gasteiger partial charge in [-0.2, -0.15) is 0 Å². The summed E-state index contributed by atoms with van der Waals surface area (Å²) in [5.74, 6) is 0. The molecule has 0 spiro atoms. The van der Waals surface area contributed by atoms with E-state index in [9.17, 15) is 0 Å². The Morgan fingerprint density at radius 3 is 1.25 bits per heavy atom. The molecule has 2 radical (unpaired) electrons. The third kappa shape index (κ3) is 261. The van der Waals surface area contributed by atoms with Crippen LogP contribution in [-0.4, -0.2) is 6.79 Å². The Balaban J connectivity index is -0.00000000500. The van der Waals surface area contributed by atoms with E-state index in [0.29, 0.717) is 0 Å². The Morgan fingerprint density at radius 1 is 1.25 bits per heavy atom. The summed E-state index contributed by atoms with van der Waals surface area (Å²) in [6.07, 6.45) is 0. The van der Waals surface area contributed by atoms with Crippen LogP contribution in [0.2, 0.25) is 0 Å². The molecule has 0 aliphatic heterocycles. The molecule has 0 aliphatic carbocycles. The predicted molar refractivity (Wildman–Crippen MR) is 5.69 cm³/mol. The minimum Gasteiger partial charge on any atom is -0.281 e. The third-order valence-electron chi connectivity index (χ3n) is 0. The minimum absolute atomic E-state index is 0. The van der Waals surface area contributed by atoms with Gasteiger partial charge in [0, 0.05) is 23.2 Å². The molecule has 0 saturated carbocycles. The number of carbonyl (C=O) groups excluding carboxylic acids is 1. The Morgan fingerprint density at radius 2 is 1.25 bits per heavy atom. The van der Waals surface area contributed by atoms with Crippen molar-refractivity contribution in [3.05, 3.63) is 0 Å². The summed E-state index contributed by atoms with van der Waals surface area (Å²) >= 11 is 0. The van der Waals surface area contributed by atoms with Crippen LogP contribution in [0.15, 0.2) is 0 Å². The first-order chi connectivity index (χ1) is 1.00. The molecule has 3 heteroatoms. The molecule has 4 heavy (non-hydrogen) atoms. The standard InChI is InChI=1S/CO.Fe.He/c1-2;;. The third-order valence-corrected chi connectivity index (χ3v) is 0. The van der Waals surface area contributed by atoms with E-state index in [4.69, 9.17) is 4.79 Å². The summed E-state index contributed by atoms with van der Waals surface area (Å²) in [5, 5.41) is 0. The van der Waals surface area contributed by atoms with Crippen LogP contribution in [0.3, 0.4) is 0 Å². The predicted octanol–water partition coefficient (Wildman–Crippen LogP) is -0.400. The molecule has 1 nitrogen and oxygen atoms in total. The molecule has 0 N–H and O–H groups in total. The first kappa shape index (κ1) is 32.6. The van der Waals surface area contributed by atoms with E-state index in [1.165, 1.54) is 0 Å². The van der Waals surface area contributed by atoms with Gasteiger partial charge in [-0.1, -0.05) is 0 Å². The molecule has 0 saturated heterocycles. The first-order valence-corrected chi connectivity index (χ1v) is 0.204. The minimum atomic E-state index is 0. The maximum atomic E-state index is 7.50. The smallest absolute Gasteiger partial charge is 0.281 e. The Bertz CT molecular complexity index is 8.00. The molecule has 20 valence electrons. The Kier molecular flexibility index (Phi) is 11400. The molecule has 0 heterocycles. The zero-order valence-corrected chi connectivity index (χ0v) is 3.07. The van der Waals surface area contributed by atoms with Crippen LogP contribution in [0.5, 0.6) is 0 Å². The number of hydrogen-bond donors (Lipinski definition) is 0. The molecule has 0 unspecified atom stereocenters. The van der Waals surface area contributed by atoms with Gasteiger partial charge in [0.1, 0.15) is 0 Å². The summed E-state index contributed by atoms with van der Waals surface area (Å²) in [6.45, 7) is 4.50. The molecular formula is CFeHeO. The topological polar surface area (TPSA) is 17.1 Å². The van der Waals surface area contributed by atoms with Crippen molar-refractivity contribution < 1.29 is 28.0 Å². The van der Waals surface area contributed by atoms with Gasteiger partial charge in [0.2, 0.25) is 0 Å². The van der Waals surface area contributed by atoms with Gasteiger partial charge in [-0.15, -0.1) is 0 Å². The molecule has 0 aromatic carbocycles. The van der Waals surface area contributed by atoms with E-state index in [2.05, 4.69) is 6.79 Å². The quantitative estimate of drug-likeness (QED) is 0.368. The van der Waals surface area contributed by atoms with Crippen LogP contribution in [0.4, 0.5) is 0 Å². The zero-order chi connectivity index (χ0) is 2.00. The van der Waals surface area contributed by atoms with Crippen LogP contribution >= 0.6 is 0 Å². The van der Waals surface area contributed by atoms with Crippen molar-refractivity contribution >= 4 is 6.79 Å². The van der Waals surface area contributed by atoms with Crippen molar-refractivity contribution in [1.82, 2.24) is 0 Å². The van der Waals surface area contributed by atoms with Gasteiger partial charge in [-0.3, -0.25) is 4.79 Å². The Labute approximate surface area is 35.6 Å². The van der Waals surface area contributed by atoms with Crippen LogP contribution in [0, 0.1) is 6.15 Å². The largest absolute Gasteiger partial charge is 0.281 e. The molecule has 0 aromatic rings. The van der Waals surface area contributed by atoms with Crippen LogP contribution in [-0.2, 0) is 21.9 Å². The molecule has 0 aromatic heterocycles. The van der Waals surface area contributed by atoms with Gasteiger partial charge < -0.3 is 0 Å². The van der Waals surface area contributed by atoms with Crippen molar-refractivity contribution in [2.45, 2.75) is 0 Å². The van der Waals surface area contributed by atoms with Crippen LogP contribution in [0.1, 0.15) is 0 Å². The summed E-state index contributed by atoms with van der Waals surface area (Å²) < 4.78 is 0. The SMILES string of the molecule is [C]=O.[Fe].[He]. The van der Waals surface area contributed by atoms with Gasteiger partial charge >= 0.3 is 0 Å². The van der Waals surface area contributed by atoms with E-state index in [0.717, 1.165) is 0 Å². The van der Waals surface area contributed by atoms with Gasteiger partial charge in [-0.05, 0) is 0 Å². The molecule has 0 amide bonds. The fourth-order valence-electron chi connectivity index (χ4n) is 0. The summed E-state index contributed by atoms with van der Waals surface area (Å²) in [7, 11) is 0. The van der Waals surface area contributed by atoms with Gasteiger partial charge in [0.25, 0.3) is 6.79 Å². The summed E-state index contributed by atoms with van der Waals surface area (Å²) in [6, 6.07) is 0. The average molecular weight is 87.9 g/mol. The average Bonchev–Trinajstić information content (AvgIpc) is 1.00. The molecule has 0 fully saturated rings. The van der Waals surface area contributed by atoms with E-state index in [1.807, 2.05) is 0 Å². The van der Waals surface area contributed by atoms with Crippen molar-refractivity contribution in [2.24, 2.45) is 0 Å². The summed E-state index contributed by atoms with van der Waals surface area (Å²) in [5.41, 5.74) is 0. The van der Waals surface area contributed by atoms with Gasteiger partial charge in [0.15, 0.2) is 0 Å². The molecule has 0 bridgehead atoms. The molecule has 0 atom stereocenters. The molecule has 0 rings (SSSR count). The zero-order valence-electron chi connectivity index (χ0n) is 1.97. The fraction of sp³-hybridized carbons (Fsp3) is 0. The van der Waals surface area contributed by atoms with Crippen molar-refractivity contribution in [2.75, 3.05) is 0 Å². The van der Waals surface area contributed by atoms with E-state index in [-0.39, 0.29) is 23.2 Å². The second kappa shape index (κ2) is 1400. The van der Waals surface area contributed by atoms with E-state index < -0.39 is 0 Å². The maximum absolute atomic E-state index is 7.50. The Hall–Kier alpha value is 0.0986. The molecular weight excluding hydrogens is 87.9 g/mol. The fourth-order valence-corrected chi connectivity index (χ4v) is 0. The van der Waals surface area contributed by atoms with Crippen molar-refractivity contribution in [1.29, 1.82) is 0 Å². The van der Waals surface area contributed by atoms with Gasteiger partial charge in [0.05, 0.1) is 0 Å². The molecule has 0 aliphatic rings. The maximum Gasteiger partial charge on any atom is 0.281 e. The van der Waals surface area contributed by atoms with Crippen molar-refractivity contribution in [3.8, 4) is 0 Å². The number of hydrogen-bond acceptors (Lipinski definition) is 1. The van der Waals surface area contributed by atoms with Crippen molar-refractivity contribution in [3.63, 3.8) is 0 Å². The van der Waals surface area contributed by atoms with E-state index >= 15 is 0 Å². The normalized spacial score (nSPS) is 1.00. The first-order valence-electron chi connectivity index (χ1n) is 0.204. The monoisotopic (exact) mass is 87.9 g/mol. The van der Waals surface area contributed by atoms with Crippen LogP contribution in [0.25, 0.3) is 0 Å². The summed E-state index contributed by atoms with van der Waals surface area (Å²) in [4.78, 5) is 7.50. The second-order valence-corrected chi connectivity index (χ2v) is 0. The number of rotatable bonds is 0. The van der Waals surface area contributed by atoms with E-state index in [1.54, 1.807) is 0 Å². The van der Waals surface area contributed by atoms with Gasteiger partial charge in [-0.25, -0.2) is 0 Å².